The molecular weight excluding hydrogens is 218 g/mol. The summed E-state index contributed by atoms with van der Waals surface area (Å²) in [6.07, 6.45) is 2.38. The van der Waals surface area contributed by atoms with E-state index in [1.807, 2.05) is 13.1 Å². The quantitative estimate of drug-likeness (QED) is 0.806. The summed E-state index contributed by atoms with van der Waals surface area (Å²) in [5.41, 5.74) is 2.53. The molecule has 1 rings (SSSR count). The standard InChI is InChI=1S/C14H22ClN/c1-5-10(2)8-14(16-4)12-6-11(3)7-13(15)9-12/h6-7,9-10,14,16H,5,8H2,1-4H3. The number of hydrogen-bond donors (Lipinski definition) is 1. The van der Waals surface area contributed by atoms with E-state index in [1.54, 1.807) is 0 Å². The highest BCUT2D eigenvalue weighted by molar-refractivity contribution is 6.30. The lowest BCUT2D eigenvalue weighted by Gasteiger charge is -2.21. The van der Waals surface area contributed by atoms with Crippen LogP contribution in [-0.4, -0.2) is 7.05 Å². The third-order valence-electron chi connectivity index (χ3n) is 3.15. The minimum absolute atomic E-state index is 0.410. The predicted molar refractivity (Wildman–Crippen MR) is 72.1 cm³/mol. The monoisotopic (exact) mass is 239 g/mol. The Morgan fingerprint density at radius 1 is 1.31 bits per heavy atom. The molecule has 1 aromatic rings. The number of hydrogen-bond acceptors (Lipinski definition) is 1. The van der Waals surface area contributed by atoms with E-state index >= 15 is 0 Å². The molecule has 2 unspecified atom stereocenters. The molecular formula is C14H22ClN. The molecule has 0 fully saturated rings. The van der Waals surface area contributed by atoms with Crippen molar-refractivity contribution in [1.29, 1.82) is 0 Å². The molecule has 0 saturated heterocycles. The normalized spacial score (nSPS) is 14.8. The Hall–Kier alpha value is -0.530. The van der Waals surface area contributed by atoms with Crippen LogP contribution in [0.2, 0.25) is 5.02 Å². The Morgan fingerprint density at radius 2 is 2.00 bits per heavy atom. The summed E-state index contributed by atoms with van der Waals surface area (Å²) in [7, 11) is 2.02. The van der Waals surface area contributed by atoms with Gasteiger partial charge in [0.15, 0.2) is 0 Å². The number of rotatable bonds is 5. The summed E-state index contributed by atoms with van der Waals surface area (Å²) < 4.78 is 0. The van der Waals surface area contributed by atoms with E-state index in [-0.39, 0.29) is 0 Å². The van der Waals surface area contributed by atoms with Gasteiger partial charge >= 0.3 is 0 Å². The van der Waals surface area contributed by atoms with Crippen molar-refractivity contribution in [3.05, 3.63) is 34.3 Å². The van der Waals surface area contributed by atoms with E-state index in [1.165, 1.54) is 17.5 Å². The zero-order chi connectivity index (χ0) is 12.1. The zero-order valence-corrected chi connectivity index (χ0v) is 11.4. The van der Waals surface area contributed by atoms with Gasteiger partial charge in [-0.1, -0.05) is 37.9 Å². The van der Waals surface area contributed by atoms with Gasteiger partial charge in [0.2, 0.25) is 0 Å². The van der Waals surface area contributed by atoms with E-state index in [4.69, 9.17) is 11.6 Å². The molecule has 0 heterocycles. The topological polar surface area (TPSA) is 12.0 Å². The minimum atomic E-state index is 0.410. The molecule has 0 aliphatic carbocycles. The first-order chi connectivity index (χ1) is 7.56. The van der Waals surface area contributed by atoms with E-state index in [9.17, 15) is 0 Å². The smallest absolute Gasteiger partial charge is 0.0411 e. The molecule has 1 nitrogen and oxygen atoms in total. The molecule has 0 radical (unpaired) electrons. The lowest BCUT2D eigenvalue weighted by Crippen LogP contribution is -2.19. The van der Waals surface area contributed by atoms with Crippen molar-refractivity contribution >= 4 is 11.6 Å². The highest BCUT2D eigenvalue weighted by Crippen LogP contribution is 2.26. The first kappa shape index (κ1) is 13.5. The lowest BCUT2D eigenvalue weighted by molar-refractivity contribution is 0.422. The number of benzene rings is 1. The van der Waals surface area contributed by atoms with Gasteiger partial charge in [-0.2, -0.15) is 0 Å². The summed E-state index contributed by atoms with van der Waals surface area (Å²) in [4.78, 5) is 0. The fourth-order valence-corrected chi connectivity index (χ4v) is 2.25. The van der Waals surface area contributed by atoms with Crippen LogP contribution in [0.3, 0.4) is 0 Å². The van der Waals surface area contributed by atoms with Gasteiger partial charge in [0.25, 0.3) is 0 Å². The van der Waals surface area contributed by atoms with Gasteiger partial charge in [0.05, 0.1) is 0 Å². The molecule has 2 atom stereocenters. The Balaban J connectivity index is 2.86. The van der Waals surface area contributed by atoms with Gasteiger partial charge in [-0.15, -0.1) is 0 Å². The molecule has 16 heavy (non-hydrogen) atoms. The van der Waals surface area contributed by atoms with Crippen LogP contribution < -0.4 is 5.32 Å². The van der Waals surface area contributed by atoms with Gasteiger partial charge < -0.3 is 5.32 Å². The van der Waals surface area contributed by atoms with Crippen LogP contribution in [0, 0.1) is 12.8 Å². The molecule has 0 aliphatic heterocycles. The summed E-state index contributed by atoms with van der Waals surface area (Å²) in [5, 5.41) is 4.21. The average Bonchev–Trinajstić information content (AvgIpc) is 2.24. The van der Waals surface area contributed by atoms with Crippen LogP contribution in [-0.2, 0) is 0 Å². The fourth-order valence-electron chi connectivity index (χ4n) is 1.96. The van der Waals surface area contributed by atoms with Gasteiger partial charge in [-0.3, -0.25) is 0 Å². The van der Waals surface area contributed by atoms with E-state index in [0.717, 1.165) is 17.4 Å². The van der Waals surface area contributed by atoms with Gasteiger partial charge in [0, 0.05) is 11.1 Å². The van der Waals surface area contributed by atoms with Crippen LogP contribution in [0.1, 0.15) is 43.9 Å². The van der Waals surface area contributed by atoms with Crippen molar-refractivity contribution in [1.82, 2.24) is 5.32 Å². The third kappa shape index (κ3) is 3.80. The molecule has 1 N–H and O–H groups in total. The van der Waals surface area contributed by atoms with Crippen molar-refractivity contribution in [2.75, 3.05) is 7.05 Å². The fraction of sp³-hybridized carbons (Fsp3) is 0.571. The largest absolute Gasteiger partial charge is 0.313 e. The van der Waals surface area contributed by atoms with E-state index < -0.39 is 0 Å². The first-order valence-corrected chi connectivity index (χ1v) is 6.39. The first-order valence-electron chi connectivity index (χ1n) is 6.01. The van der Waals surface area contributed by atoms with Crippen LogP contribution in [0.25, 0.3) is 0 Å². The third-order valence-corrected chi connectivity index (χ3v) is 3.37. The second-order valence-corrected chi connectivity index (χ2v) is 5.09. The molecule has 0 amide bonds. The van der Waals surface area contributed by atoms with Crippen molar-refractivity contribution in [2.45, 2.75) is 39.7 Å². The average molecular weight is 240 g/mol. The molecule has 1 aromatic carbocycles. The second-order valence-electron chi connectivity index (χ2n) is 4.65. The Morgan fingerprint density at radius 3 is 2.50 bits per heavy atom. The number of aryl methyl sites for hydroxylation is 1. The molecule has 0 spiro atoms. The maximum Gasteiger partial charge on any atom is 0.0411 e. The summed E-state index contributed by atoms with van der Waals surface area (Å²) in [6, 6.07) is 6.70. The highest BCUT2D eigenvalue weighted by Gasteiger charge is 2.13. The van der Waals surface area contributed by atoms with Crippen molar-refractivity contribution in [3.8, 4) is 0 Å². The highest BCUT2D eigenvalue weighted by atomic mass is 35.5. The van der Waals surface area contributed by atoms with Crippen LogP contribution >= 0.6 is 11.6 Å². The Labute approximate surface area is 104 Å². The van der Waals surface area contributed by atoms with Gasteiger partial charge in [-0.25, -0.2) is 0 Å². The van der Waals surface area contributed by atoms with Crippen LogP contribution in [0.5, 0.6) is 0 Å². The summed E-state index contributed by atoms with van der Waals surface area (Å²) >= 11 is 6.09. The molecule has 0 aromatic heterocycles. The van der Waals surface area contributed by atoms with Crippen molar-refractivity contribution in [3.63, 3.8) is 0 Å². The molecule has 0 aliphatic rings. The van der Waals surface area contributed by atoms with Gasteiger partial charge in [0.1, 0.15) is 0 Å². The second kappa shape index (κ2) is 6.27. The summed E-state index contributed by atoms with van der Waals surface area (Å²) in [5.74, 6) is 0.733. The van der Waals surface area contributed by atoms with E-state index in [2.05, 4.69) is 38.2 Å². The molecule has 0 bridgehead atoms. The maximum absolute atomic E-state index is 6.09. The lowest BCUT2D eigenvalue weighted by atomic mass is 9.93. The zero-order valence-electron chi connectivity index (χ0n) is 10.7. The maximum atomic E-state index is 6.09. The molecule has 90 valence electrons. The minimum Gasteiger partial charge on any atom is -0.313 e. The van der Waals surface area contributed by atoms with E-state index in [0.29, 0.717) is 6.04 Å². The Bertz CT molecular complexity index is 315. The Kier molecular flexibility index (Phi) is 5.30. The number of halogens is 1. The van der Waals surface area contributed by atoms with Crippen molar-refractivity contribution in [2.24, 2.45) is 5.92 Å². The molecule has 2 heteroatoms. The van der Waals surface area contributed by atoms with Crippen LogP contribution in [0.4, 0.5) is 0 Å². The molecule has 0 saturated carbocycles. The van der Waals surface area contributed by atoms with Crippen LogP contribution in [0.15, 0.2) is 18.2 Å². The van der Waals surface area contributed by atoms with Gasteiger partial charge in [-0.05, 0) is 49.6 Å². The predicted octanol–water partition coefficient (Wildman–Crippen LogP) is 4.35. The van der Waals surface area contributed by atoms with Crippen molar-refractivity contribution < 1.29 is 0 Å². The summed E-state index contributed by atoms with van der Waals surface area (Å²) in [6.45, 7) is 6.62. The SMILES string of the molecule is CCC(C)CC(NC)c1cc(C)cc(Cl)c1. The number of nitrogens with one attached hydrogen (secondary N) is 1.